The molecule has 0 amide bonds. The van der Waals surface area contributed by atoms with E-state index in [1.807, 2.05) is 0 Å². The fourth-order valence-corrected chi connectivity index (χ4v) is 1.27. The lowest BCUT2D eigenvalue weighted by atomic mass is 10.1. The van der Waals surface area contributed by atoms with Crippen LogP contribution in [0.5, 0.6) is 0 Å². The van der Waals surface area contributed by atoms with Crippen molar-refractivity contribution in [2.45, 2.75) is 26.8 Å². The number of carbonyl (C=O) groups is 1. The molecule has 0 aliphatic rings. The molecule has 0 fully saturated rings. The Kier molecular flexibility index (Phi) is 2.75. The van der Waals surface area contributed by atoms with Gasteiger partial charge in [-0.15, -0.1) is 0 Å². The first kappa shape index (κ1) is 9.83. The second-order valence-corrected chi connectivity index (χ2v) is 2.74. The van der Waals surface area contributed by atoms with E-state index in [4.69, 9.17) is 0 Å². The third-order valence-corrected chi connectivity index (χ3v) is 1.95. The summed E-state index contributed by atoms with van der Waals surface area (Å²) in [6.07, 6.45) is 0.831. The van der Waals surface area contributed by atoms with Gasteiger partial charge in [-0.1, -0.05) is 0 Å². The summed E-state index contributed by atoms with van der Waals surface area (Å²) in [6, 6.07) is 0. The number of hydrogen-bond acceptors (Lipinski definition) is 2. The van der Waals surface area contributed by atoms with Crippen LogP contribution in [0.3, 0.4) is 0 Å². The van der Waals surface area contributed by atoms with Crippen molar-refractivity contribution in [3.8, 4) is 0 Å². The van der Waals surface area contributed by atoms with Crippen LogP contribution >= 0.6 is 0 Å². The average Bonchev–Trinajstić information content (AvgIpc) is 2.32. The minimum atomic E-state index is -2.64. The van der Waals surface area contributed by atoms with Crippen molar-refractivity contribution in [1.82, 2.24) is 9.78 Å². The summed E-state index contributed by atoms with van der Waals surface area (Å²) in [5.41, 5.74) is 1.44. The van der Waals surface area contributed by atoms with Gasteiger partial charge in [0, 0.05) is 17.7 Å². The number of aldehydes is 1. The highest BCUT2D eigenvalue weighted by Crippen LogP contribution is 2.18. The smallest absolute Gasteiger partial charge is 0.303 e. The Hall–Kier alpha value is -1.26. The van der Waals surface area contributed by atoms with Gasteiger partial charge in [0.1, 0.15) is 6.29 Å². The van der Waals surface area contributed by atoms with Crippen LogP contribution in [0.15, 0.2) is 0 Å². The van der Waals surface area contributed by atoms with Gasteiger partial charge >= 0.3 is 6.55 Å². The van der Waals surface area contributed by atoms with Gasteiger partial charge < -0.3 is 4.79 Å². The molecule has 0 aliphatic carbocycles. The number of alkyl halides is 2. The van der Waals surface area contributed by atoms with E-state index >= 15 is 0 Å². The lowest BCUT2D eigenvalue weighted by molar-refractivity contribution is -0.107. The van der Waals surface area contributed by atoms with Gasteiger partial charge in [0.25, 0.3) is 0 Å². The van der Waals surface area contributed by atoms with Crippen molar-refractivity contribution in [3.63, 3.8) is 0 Å². The second-order valence-electron chi connectivity index (χ2n) is 2.74. The van der Waals surface area contributed by atoms with Crippen LogP contribution in [0.1, 0.15) is 23.5 Å². The van der Waals surface area contributed by atoms with E-state index in [0.717, 1.165) is 0 Å². The summed E-state index contributed by atoms with van der Waals surface area (Å²) < 4.78 is 25.2. The monoisotopic (exact) mass is 188 g/mol. The first-order valence-electron chi connectivity index (χ1n) is 3.84. The molecule has 0 aliphatic heterocycles. The minimum absolute atomic E-state index is 0.143. The number of carbonyl (C=O) groups excluding carboxylic acids is 1. The Bertz CT molecular complexity index is 320. The maximum atomic E-state index is 12.3. The summed E-state index contributed by atoms with van der Waals surface area (Å²) in [6.45, 7) is 0.509. The van der Waals surface area contributed by atoms with Gasteiger partial charge in [-0.05, 0) is 13.8 Å². The van der Waals surface area contributed by atoms with Crippen molar-refractivity contribution < 1.29 is 13.6 Å². The molecule has 0 unspecified atom stereocenters. The number of nitrogens with zero attached hydrogens (tertiary/aromatic N) is 2. The topological polar surface area (TPSA) is 34.9 Å². The van der Waals surface area contributed by atoms with Crippen molar-refractivity contribution in [1.29, 1.82) is 0 Å². The molecule has 13 heavy (non-hydrogen) atoms. The number of rotatable bonds is 3. The molecular weight excluding hydrogens is 178 g/mol. The summed E-state index contributed by atoms with van der Waals surface area (Å²) in [5, 5.41) is 3.64. The molecule has 1 aromatic heterocycles. The summed E-state index contributed by atoms with van der Waals surface area (Å²) in [7, 11) is 0. The van der Waals surface area contributed by atoms with Crippen molar-refractivity contribution in [3.05, 3.63) is 17.0 Å². The van der Waals surface area contributed by atoms with E-state index in [2.05, 4.69) is 5.10 Å². The highest BCUT2D eigenvalue weighted by Gasteiger charge is 2.16. The second kappa shape index (κ2) is 3.64. The molecule has 0 aromatic carbocycles. The van der Waals surface area contributed by atoms with Gasteiger partial charge in [-0.3, -0.25) is 0 Å². The summed E-state index contributed by atoms with van der Waals surface area (Å²) in [5.74, 6) is 0. The third-order valence-electron chi connectivity index (χ3n) is 1.95. The molecule has 1 rings (SSSR count). The van der Waals surface area contributed by atoms with Crippen LogP contribution in [0.25, 0.3) is 0 Å². The minimum Gasteiger partial charge on any atom is -0.303 e. The quantitative estimate of drug-likeness (QED) is 0.676. The first-order chi connectivity index (χ1) is 6.07. The average molecular weight is 188 g/mol. The molecule has 1 heterocycles. The Morgan fingerprint density at radius 1 is 1.54 bits per heavy atom. The summed E-state index contributed by atoms with van der Waals surface area (Å²) >= 11 is 0. The van der Waals surface area contributed by atoms with Crippen LogP contribution in [-0.2, 0) is 11.2 Å². The van der Waals surface area contributed by atoms with E-state index in [0.29, 0.717) is 27.9 Å². The Morgan fingerprint density at radius 3 is 2.54 bits per heavy atom. The molecule has 0 radical (unpaired) electrons. The molecule has 0 saturated carbocycles. The molecule has 0 saturated heterocycles. The molecule has 72 valence electrons. The van der Waals surface area contributed by atoms with Crippen molar-refractivity contribution >= 4 is 6.29 Å². The predicted octanol–water partition coefficient (Wildman–Crippen LogP) is 1.64. The van der Waals surface area contributed by atoms with Crippen LogP contribution in [-0.4, -0.2) is 16.1 Å². The fraction of sp³-hybridized carbons (Fsp3) is 0.500. The number of halogens is 2. The Balaban J connectivity index is 3.13. The SMILES string of the molecule is Cc1nn(C(F)F)c(C)c1CC=O. The highest BCUT2D eigenvalue weighted by atomic mass is 19.3. The normalized spacial score (nSPS) is 10.8. The molecule has 0 atom stereocenters. The zero-order valence-electron chi connectivity index (χ0n) is 7.42. The molecule has 3 nitrogen and oxygen atoms in total. The van der Waals surface area contributed by atoms with E-state index in [9.17, 15) is 13.6 Å². The van der Waals surface area contributed by atoms with Gasteiger partial charge in [0.05, 0.1) is 5.69 Å². The van der Waals surface area contributed by atoms with E-state index < -0.39 is 6.55 Å². The molecule has 0 spiro atoms. The van der Waals surface area contributed by atoms with Gasteiger partial charge in [-0.25, -0.2) is 4.68 Å². The highest BCUT2D eigenvalue weighted by molar-refractivity contribution is 5.56. The standard InChI is InChI=1S/C8H10F2N2O/c1-5-7(3-4-13)6(2)12(11-5)8(9)10/h4,8H,3H2,1-2H3. The van der Waals surface area contributed by atoms with E-state index in [1.54, 1.807) is 6.92 Å². The Morgan fingerprint density at radius 2 is 2.15 bits per heavy atom. The largest absolute Gasteiger partial charge is 0.333 e. The lowest BCUT2D eigenvalue weighted by Gasteiger charge is -2.01. The molecule has 1 aromatic rings. The van der Waals surface area contributed by atoms with Crippen molar-refractivity contribution in [2.24, 2.45) is 0 Å². The van der Waals surface area contributed by atoms with Gasteiger partial charge in [0.2, 0.25) is 0 Å². The maximum absolute atomic E-state index is 12.3. The van der Waals surface area contributed by atoms with Crippen LogP contribution < -0.4 is 0 Å². The third kappa shape index (κ3) is 1.74. The zero-order chi connectivity index (χ0) is 10.0. The molecular formula is C8H10F2N2O. The number of hydrogen-bond donors (Lipinski definition) is 0. The number of aryl methyl sites for hydroxylation is 1. The van der Waals surface area contributed by atoms with Crippen LogP contribution in [0.4, 0.5) is 8.78 Å². The van der Waals surface area contributed by atoms with Crippen LogP contribution in [0.2, 0.25) is 0 Å². The van der Waals surface area contributed by atoms with Crippen molar-refractivity contribution in [2.75, 3.05) is 0 Å². The zero-order valence-corrected chi connectivity index (χ0v) is 7.42. The predicted molar refractivity (Wildman–Crippen MR) is 42.7 cm³/mol. The van der Waals surface area contributed by atoms with Gasteiger partial charge in [-0.2, -0.15) is 13.9 Å². The molecule has 0 bridgehead atoms. The first-order valence-corrected chi connectivity index (χ1v) is 3.84. The summed E-state index contributed by atoms with van der Waals surface area (Å²) in [4.78, 5) is 10.2. The maximum Gasteiger partial charge on any atom is 0.333 e. The molecule has 0 N–H and O–H groups in total. The Labute approximate surface area is 74.4 Å². The van der Waals surface area contributed by atoms with Crippen LogP contribution in [0, 0.1) is 13.8 Å². The van der Waals surface area contributed by atoms with Gasteiger partial charge in [0.15, 0.2) is 0 Å². The van der Waals surface area contributed by atoms with E-state index in [-0.39, 0.29) is 6.42 Å². The molecule has 5 heteroatoms. The fourth-order valence-electron chi connectivity index (χ4n) is 1.27. The van der Waals surface area contributed by atoms with E-state index in [1.165, 1.54) is 6.92 Å². The lowest BCUT2D eigenvalue weighted by Crippen LogP contribution is -2.03. The number of aromatic nitrogens is 2.